The fourth-order valence-electron chi connectivity index (χ4n) is 8.24. The Morgan fingerprint density at radius 2 is 0.632 bits per heavy atom. The highest BCUT2D eigenvalue weighted by atomic mass is 32.1. The summed E-state index contributed by atoms with van der Waals surface area (Å²) in [4.78, 5) is 16.0. The molecule has 0 aliphatic heterocycles. The van der Waals surface area contributed by atoms with Crippen LogP contribution < -0.4 is 0 Å². The van der Waals surface area contributed by atoms with Crippen LogP contribution >= 0.6 is 11.3 Å². The predicted octanol–water partition coefficient (Wildman–Crippen LogP) is 14.5. The molecule has 0 aliphatic carbocycles. The predicted molar refractivity (Wildman–Crippen MR) is 240 cm³/mol. The van der Waals surface area contributed by atoms with Gasteiger partial charge in [-0.1, -0.05) is 176 Å². The largest absolute Gasteiger partial charge is 0.208 e. The standard InChI is InChI=1S/C53H33N3S/c1-3-14-34(15-4-1)35-26-28-37(29-27-35)39-31-33-47(43-21-10-8-19-41(39)43)52-54-51(46-32-30-38(36-16-5-2-6-17-36)40-18-7-9-20-42(40)46)55-53(56-52)48-24-13-23-45-44-22-11-12-25-49(44)57-50(45)48/h1-33H. The Labute approximate surface area is 334 Å². The summed E-state index contributed by atoms with van der Waals surface area (Å²) in [6.07, 6.45) is 0. The molecule has 0 fully saturated rings. The van der Waals surface area contributed by atoms with Gasteiger partial charge in [0.25, 0.3) is 0 Å². The zero-order valence-corrected chi connectivity index (χ0v) is 31.6. The highest BCUT2D eigenvalue weighted by Crippen LogP contribution is 2.42. The Balaban J connectivity index is 1.13. The molecule has 266 valence electrons. The van der Waals surface area contributed by atoms with E-state index in [-0.39, 0.29) is 0 Å². The van der Waals surface area contributed by atoms with Crippen molar-refractivity contribution in [2.75, 3.05) is 0 Å². The number of fused-ring (bicyclic) bond motifs is 5. The molecular weight excluding hydrogens is 711 g/mol. The maximum Gasteiger partial charge on any atom is 0.165 e. The van der Waals surface area contributed by atoms with Crippen molar-refractivity contribution in [3.63, 3.8) is 0 Å². The highest BCUT2D eigenvalue weighted by molar-refractivity contribution is 7.26. The lowest BCUT2D eigenvalue weighted by Crippen LogP contribution is -2.01. The van der Waals surface area contributed by atoms with Crippen molar-refractivity contribution in [3.8, 4) is 67.5 Å². The Kier molecular flexibility index (Phi) is 8.01. The molecule has 2 heterocycles. The molecule has 0 saturated heterocycles. The number of hydrogen-bond acceptors (Lipinski definition) is 4. The van der Waals surface area contributed by atoms with Gasteiger partial charge in [0.15, 0.2) is 17.5 Å². The van der Waals surface area contributed by atoms with E-state index in [1.165, 1.54) is 48.0 Å². The van der Waals surface area contributed by atoms with Crippen LogP contribution in [-0.2, 0) is 0 Å². The van der Waals surface area contributed by atoms with Gasteiger partial charge in [-0.15, -0.1) is 11.3 Å². The topological polar surface area (TPSA) is 38.7 Å². The number of nitrogens with zero attached hydrogens (tertiary/aromatic N) is 3. The van der Waals surface area contributed by atoms with Gasteiger partial charge >= 0.3 is 0 Å². The lowest BCUT2D eigenvalue weighted by Gasteiger charge is -2.15. The molecule has 4 heteroatoms. The normalized spacial score (nSPS) is 11.5. The van der Waals surface area contributed by atoms with Crippen LogP contribution in [0.4, 0.5) is 0 Å². The Bertz CT molecular complexity index is 3280. The van der Waals surface area contributed by atoms with Crippen molar-refractivity contribution in [2.45, 2.75) is 0 Å². The molecule has 0 bridgehead atoms. The van der Waals surface area contributed by atoms with E-state index < -0.39 is 0 Å². The van der Waals surface area contributed by atoms with E-state index in [0.717, 1.165) is 43.8 Å². The van der Waals surface area contributed by atoms with Crippen LogP contribution in [0.3, 0.4) is 0 Å². The number of benzene rings is 9. The van der Waals surface area contributed by atoms with Gasteiger partial charge in [-0.05, 0) is 79.2 Å². The van der Waals surface area contributed by atoms with Crippen molar-refractivity contribution in [3.05, 3.63) is 200 Å². The van der Waals surface area contributed by atoms with Crippen molar-refractivity contribution in [1.82, 2.24) is 15.0 Å². The molecule has 11 aromatic rings. The van der Waals surface area contributed by atoms with Crippen LogP contribution in [0.1, 0.15) is 0 Å². The summed E-state index contributed by atoms with van der Waals surface area (Å²) in [5, 5.41) is 6.95. The SMILES string of the molecule is c1ccc(-c2ccc(-c3ccc(-c4nc(-c5ccc(-c6ccccc6)c6ccccc56)nc(-c5cccc6c5sc5ccccc56)n4)c4ccccc34)cc2)cc1. The van der Waals surface area contributed by atoms with E-state index in [9.17, 15) is 0 Å². The highest BCUT2D eigenvalue weighted by Gasteiger charge is 2.20. The summed E-state index contributed by atoms with van der Waals surface area (Å²) in [6, 6.07) is 71.0. The van der Waals surface area contributed by atoms with E-state index in [2.05, 4.69) is 200 Å². The van der Waals surface area contributed by atoms with E-state index in [4.69, 9.17) is 15.0 Å². The van der Waals surface area contributed by atoms with Crippen molar-refractivity contribution < 1.29 is 0 Å². The molecule has 0 aliphatic rings. The van der Waals surface area contributed by atoms with Crippen LogP contribution in [0.25, 0.3) is 109 Å². The van der Waals surface area contributed by atoms with Gasteiger partial charge in [-0.25, -0.2) is 15.0 Å². The fourth-order valence-corrected chi connectivity index (χ4v) is 9.45. The third-order valence-electron chi connectivity index (χ3n) is 11.0. The Hall–Kier alpha value is -7.27. The molecule has 2 aromatic heterocycles. The molecular formula is C53H33N3S. The second kappa shape index (κ2) is 13.8. The van der Waals surface area contributed by atoms with Crippen LogP contribution in [-0.4, -0.2) is 15.0 Å². The zero-order chi connectivity index (χ0) is 37.7. The summed E-state index contributed by atoms with van der Waals surface area (Å²) in [6.45, 7) is 0. The molecule has 3 nitrogen and oxygen atoms in total. The van der Waals surface area contributed by atoms with E-state index >= 15 is 0 Å². The fraction of sp³-hybridized carbons (Fsp3) is 0. The molecule has 0 radical (unpaired) electrons. The summed E-state index contributed by atoms with van der Waals surface area (Å²) in [5.41, 5.74) is 10.0. The third-order valence-corrected chi connectivity index (χ3v) is 12.2. The van der Waals surface area contributed by atoms with Gasteiger partial charge in [0.2, 0.25) is 0 Å². The molecule has 57 heavy (non-hydrogen) atoms. The summed E-state index contributed by atoms with van der Waals surface area (Å²) in [7, 11) is 0. The molecule has 0 spiro atoms. The van der Waals surface area contributed by atoms with E-state index in [1.807, 2.05) is 0 Å². The lowest BCUT2D eigenvalue weighted by molar-refractivity contribution is 1.08. The summed E-state index contributed by atoms with van der Waals surface area (Å²) in [5.74, 6) is 1.95. The average Bonchev–Trinajstić information content (AvgIpc) is 3.68. The smallest absolute Gasteiger partial charge is 0.165 e. The van der Waals surface area contributed by atoms with Crippen LogP contribution in [0.2, 0.25) is 0 Å². The zero-order valence-electron chi connectivity index (χ0n) is 30.8. The molecule has 0 atom stereocenters. The molecule has 9 aromatic carbocycles. The molecule has 0 unspecified atom stereocenters. The van der Waals surface area contributed by atoms with Crippen LogP contribution in [0, 0.1) is 0 Å². The number of rotatable bonds is 6. The number of aromatic nitrogens is 3. The van der Waals surface area contributed by atoms with Gasteiger partial charge in [-0.3, -0.25) is 0 Å². The van der Waals surface area contributed by atoms with Gasteiger partial charge in [0.05, 0.1) is 0 Å². The Morgan fingerprint density at radius 3 is 1.21 bits per heavy atom. The lowest BCUT2D eigenvalue weighted by atomic mass is 9.93. The quantitative estimate of drug-likeness (QED) is 0.170. The number of thiophene rings is 1. The Morgan fingerprint density at radius 1 is 0.246 bits per heavy atom. The van der Waals surface area contributed by atoms with Crippen molar-refractivity contribution in [1.29, 1.82) is 0 Å². The minimum atomic E-state index is 0.645. The minimum absolute atomic E-state index is 0.645. The van der Waals surface area contributed by atoms with Crippen LogP contribution in [0.15, 0.2) is 200 Å². The van der Waals surface area contributed by atoms with Gasteiger partial charge in [0.1, 0.15) is 0 Å². The average molecular weight is 744 g/mol. The van der Waals surface area contributed by atoms with Crippen molar-refractivity contribution in [2.24, 2.45) is 0 Å². The first-order valence-electron chi connectivity index (χ1n) is 19.2. The molecule has 0 saturated carbocycles. The molecule has 11 rings (SSSR count). The van der Waals surface area contributed by atoms with E-state index in [0.29, 0.717) is 17.5 Å². The molecule has 0 amide bonds. The first-order chi connectivity index (χ1) is 28.3. The monoisotopic (exact) mass is 743 g/mol. The van der Waals surface area contributed by atoms with Crippen molar-refractivity contribution >= 4 is 53.1 Å². The second-order valence-corrected chi connectivity index (χ2v) is 15.4. The minimum Gasteiger partial charge on any atom is -0.208 e. The maximum absolute atomic E-state index is 5.35. The second-order valence-electron chi connectivity index (χ2n) is 14.3. The molecule has 0 N–H and O–H groups in total. The van der Waals surface area contributed by atoms with E-state index in [1.54, 1.807) is 11.3 Å². The van der Waals surface area contributed by atoms with Crippen LogP contribution in [0.5, 0.6) is 0 Å². The van der Waals surface area contributed by atoms with Gasteiger partial charge in [-0.2, -0.15) is 0 Å². The van der Waals surface area contributed by atoms with Gasteiger partial charge < -0.3 is 0 Å². The first-order valence-corrected chi connectivity index (χ1v) is 20.0. The summed E-state index contributed by atoms with van der Waals surface area (Å²) >= 11 is 1.79. The maximum atomic E-state index is 5.35. The summed E-state index contributed by atoms with van der Waals surface area (Å²) < 4.78 is 2.42. The third kappa shape index (κ3) is 5.78. The first kappa shape index (κ1) is 33.1. The number of hydrogen-bond donors (Lipinski definition) is 0. The van der Waals surface area contributed by atoms with Gasteiger partial charge in [0, 0.05) is 36.9 Å².